The Bertz CT molecular complexity index is 324. The van der Waals surface area contributed by atoms with Gasteiger partial charge in [-0.2, -0.15) is 0 Å². The van der Waals surface area contributed by atoms with Crippen molar-refractivity contribution in [2.24, 2.45) is 11.8 Å². The maximum atomic E-state index is 11.7. The van der Waals surface area contributed by atoms with Crippen LogP contribution in [-0.2, 0) is 19.1 Å². The molecule has 0 aromatic carbocycles. The normalized spacial score (nSPS) is 35.6. The molecule has 6 heteroatoms. The highest BCUT2D eigenvalue weighted by molar-refractivity contribution is 5.89. The lowest BCUT2D eigenvalue weighted by molar-refractivity contribution is -0.140. The summed E-state index contributed by atoms with van der Waals surface area (Å²) >= 11 is 0. The monoisotopic (exact) mass is 243 g/mol. The van der Waals surface area contributed by atoms with Crippen molar-refractivity contribution in [1.29, 1.82) is 0 Å². The molecule has 2 rings (SSSR count). The molecule has 17 heavy (non-hydrogen) atoms. The second-order valence-electron chi connectivity index (χ2n) is 4.69. The van der Waals surface area contributed by atoms with E-state index >= 15 is 0 Å². The fraction of sp³-hybridized carbons (Fsp3) is 0.818. The summed E-state index contributed by atoms with van der Waals surface area (Å²) in [7, 11) is 1.60. The highest BCUT2D eigenvalue weighted by Gasteiger charge is 2.48. The highest BCUT2D eigenvalue weighted by atomic mass is 16.5. The molecule has 1 amide bonds. The molecule has 1 aliphatic heterocycles. The Hall–Kier alpha value is -1.14. The zero-order valence-corrected chi connectivity index (χ0v) is 9.77. The van der Waals surface area contributed by atoms with Gasteiger partial charge in [0.05, 0.1) is 18.4 Å². The summed E-state index contributed by atoms with van der Waals surface area (Å²) in [4.78, 5) is 22.3. The number of methoxy groups -OCH3 is 1. The van der Waals surface area contributed by atoms with E-state index in [2.05, 4.69) is 5.32 Å². The first-order valence-electron chi connectivity index (χ1n) is 5.71. The molecule has 0 aromatic rings. The second kappa shape index (κ2) is 4.62. The average Bonchev–Trinajstić information content (AvgIpc) is 2.99. The van der Waals surface area contributed by atoms with Crippen LogP contribution in [0.1, 0.15) is 12.8 Å². The summed E-state index contributed by atoms with van der Waals surface area (Å²) in [6.45, 7) is 1.48. The van der Waals surface area contributed by atoms with Gasteiger partial charge < -0.3 is 19.9 Å². The molecule has 1 aliphatic carbocycles. The molecule has 2 fully saturated rings. The predicted octanol–water partition coefficient (Wildman–Crippen LogP) is -0.371. The minimum Gasteiger partial charge on any atom is -0.481 e. The van der Waals surface area contributed by atoms with Crippen molar-refractivity contribution in [3.8, 4) is 0 Å². The van der Waals surface area contributed by atoms with E-state index in [9.17, 15) is 9.59 Å². The fourth-order valence-corrected chi connectivity index (χ4v) is 2.10. The smallest absolute Gasteiger partial charge is 0.307 e. The summed E-state index contributed by atoms with van der Waals surface area (Å²) in [6.07, 6.45) is 1.19. The maximum absolute atomic E-state index is 11.7. The molecule has 0 spiro atoms. The van der Waals surface area contributed by atoms with Crippen LogP contribution >= 0.6 is 0 Å². The van der Waals surface area contributed by atoms with Crippen LogP contribution in [0.25, 0.3) is 0 Å². The lowest BCUT2D eigenvalue weighted by atomic mass is 10.0. The van der Waals surface area contributed by atoms with E-state index in [1.165, 1.54) is 0 Å². The van der Waals surface area contributed by atoms with Gasteiger partial charge in [-0.3, -0.25) is 9.59 Å². The molecule has 0 radical (unpaired) electrons. The maximum Gasteiger partial charge on any atom is 0.307 e. The topological polar surface area (TPSA) is 84.9 Å². The van der Waals surface area contributed by atoms with E-state index in [4.69, 9.17) is 14.6 Å². The number of carbonyl (C=O) groups is 2. The Kier molecular flexibility index (Phi) is 3.35. The van der Waals surface area contributed by atoms with Crippen molar-refractivity contribution in [3.63, 3.8) is 0 Å². The molecule has 0 aromatic heterocycles. The quantitative estimate of drug-likeness (QED) is 0.688. The van der Waals surface area contributed by atoms with Crippen LogP contribution in [0.15, 0.2) is 0 Å². The first-order chi connectivity index (χ1) is 8.08. The number of nitrogens with one attached hydrogen (secondary N) is 1. The minimum absolute atomic E-state index is 0.194. The third-order valence-corrected chi connectivity index (χ3v) is 3.53. The summed E-state index contributed by atoms with van der Waals surface area (Å²) < 4.78 is 10.6. The van der Waals surface area contributed by atoms with Gasteiger partial charge in [-0.1, -0.05) is 0 Å². The van der Waals surface area contributed by atoms with Crippen LogP contribution in [0.5, 0.6) is 0 Å². The number of rotatable bonds is 5. The van der Waals surface area contributed by atoms with E-state index in [0.29, 0.717) is 26.2 Å². The lowest BCUT2D eigenvalue weighted by Crippen LogP contribution is -2.45. The summed E-state index contributed by atoms with van der Waals surface area (Å²) in [5.74, 6) is -1.96. The Morgan fingerprint density at radius 1 is 1.53 bits per heavy atom. The summed E-state index contributed by atoms with van der Waals surface area (Å²) in [5, 5.41) is 11.5. The molecule has 6 nitrogen and oxygen atoms in total. The molecule has 2 N–H and O–H groups in total. The zero-order valence-electron chi connectivity index (χ0n) is 9.77. The SMILES string of the molecule is COC1(CNC(=O)[C@@H]2C[C@@H]2C(=O)O)CCOC1. The largest absolute Gasteiger partial charge is 0.481 e. The highest BCUT2D eigenvalue weighted by Crippen LogP contribution is 2.38. The van der Waals surface area contributed by atoms with Gasteiger partial charge in [-0.05, 0) is 6.42 Å². The fourth-order valence-electron chi connectivity index (χ4n) is 2.10. The number of carboxylic acids is 1. The third kappa shape index (κ3) is 2.58. The summed E-state index contributed by atoms with van der Waals surface area (Å²) in [6, 6.07) is 0. The van der Waals surface area contributed by atoms with Crippen LogP contribution < -0.4 is 5.32 Å². The first kappa shape index (κ1) is 12.3. The average molecular weight is 243 g/mol. The van der Waals surface area contributed by atoms with Gasteiger partial charge in [0.2, 0.25) is 5.91 Å². The Morgan fingerprint density at radius 2 is 2.29 bits per heavy atom. The van der Waals surface area contributed by atoms with Crippen molar-refractivity contribution in [1.82, 2.24) is 5.32 Å². The molecule has 1 saturated carbocycles. The Balaban J connectivity index is 1.78. The van der Waals surface area contributed by atoms with Crippen molar-refractivity contribution in [3.05, 3.63) is 0 Å². The minimum atomic E-state index is -0.893. The molecule has 1 heterocycles. The number of ether oxygens (including phenoxy) is 2. The number of aliphatic carboxylic acids is 1. The van der Waals surface area contributed by atoms with E-state index in [-0.39, 0.29) is 11.8 Å². The number of carbonyl (C=O) groups excluding carboxylic acids is 1. The van der Waals surface area contributed by atoms with Gasteiger partial charge in [-0.25, -0.2) is 0 Å². The Labute approximate surface area is 99.3 Å². The number of amides is 1. The van der Waals surface area contributed by atoms with Crippen molar-refractivity contribution in [2.75, 3.05) is 26.9 Å². The van der Waals surface area contributed by atoms with Crippen LogP contribution in [0.3, 0.4) is 0 Å². The third-order valence-electron chi connectivity index (χ3n) is 3.53. The molecule has 1 unspecified atom stereocenters. The standard InChI is InChI=1S/C11H17NO5/c1-16-11(2-3-17-6-11)5-12-9(13)7-4-8(7)10(14)15/h7-8H,2-6H2,1H3,(H,12,13)(H,14,15)/t7-,8+,11?/m1/s1. The van der Waals surface area contributed by atoms with Gasteiger partial charge in [0.15, 0.2) is 0 Å². The van der Waals surface area contributed by atoms with E-state index in [0.717, 1.165) is 6.42 Å². The van der Waals surface area contributed by atoms with Gasteiger partial charge in [0.1, 0.15) is 5.60 Å². The molecule has 0 bridgehead atoms. The van der Waals surface area contributed by atoms with E-state index < -0.39 is 17.5 Å². The number of hydrogen-bond acceptors (Lipinski definition) is 4. The molecule has 2 aliphatic rings. The Morgan fingerprint density at radius 3 is 2.76 bits per heavy atom. The van der Waals surface area contributed by atoms with E-state index in [1.54, 1.807) is 7.11 Å². The van der Waals surface area contributed by atoms with Crippen molar-refractivity contribution >= 4 is 11.9 Å². The molecular formula is C11H17NO5. The molecule has 96 valence electrons. The second-order valence-corrected chi connectivity index (χ2v) is 4.69. The van der Waals surface area contributed by atoms with Crippen molar-refractivity contribution < 1.29 is 24.2 Å². The van der Waals surface area contributed by atoms with Gasteiger partial charge in [-0.15, -0.1) is 0 Å². The first-order valence-corrected chi connectivity index (χ1v) is 5.71. The van der Waals surface area contributed by atoms with Crippen LogP contribution in [0.4, 0.5) is 0 Å². The van der Waals surface area contributed by atoms with Gasteiger partial charge in [0.25, 0.3) is 0 Å². The zero-order chi connectivity index (χ0) is 12.5. The van der Waals surface area contributed by atoms with Crippen LogP contribution in [0, 0.1) is 11.8 Å². The number of carboxylic acid groups (broad SMARTS) is 1. The lowest BCUT2D eigenvalue weighted by Gasteiger charge is -2.25. The molecule has 1 saturated heterocycles. The predicted molar refractivity (Wildman–Crippen MR) is 57.4 cm³/mol. The van der Waals surface area contributed by atoms with Gasteiger partial charge in [0, 0.05) is 26.7 Å². The van der Waals surface area contributed by atoms with Crippen LogP contribution in [-0.4, -0.2) is 49.5 Å². The molecular weight excluding hydrogens is 226 g/mol. The van der Waals surface area contributed by atoms with Crippen molar-refractivity contribution in [2.45, 2.75) is 18.4 Å². The van der Waals surface area contributed by atoms with E-state index in [1.807, 2.05) is 0 Å². The van der Waals surface area contributed by atoms with Crippen LogP contribution in [0.2, 0.25) is 0 Å². The summed E-state index contributed by atoms with van der Waals surface area (Å²) in [5.41, 5.74) is -0.441. The molecule has 3 atom stereocenters. The number of hydrogen-bond donors (Lipinski definition) is 2. The van der Waals surface area contributed by atoms with Gasteiger partial charge >= 0.3 is 5.97 Å².